The molecule has 6 aromatic heterocycles. The lowest BCUT2D eigenvalue weighted by atomic mass is 10.1. The molecule has 6 heterocycles. The first kappa shape index (κ1) is 24.1. The van der Waals surface area contributed by atoms with Gasteiger partial charge < -0.3 is 10.3 Å². The Kier molecular flexibility index (Phi) is 6.13. The lowest BCUT2D eigenvalue weighted by molar-refractivity contribution is 0.489. The van der Waals surface area contributed by atoms with Crippen molar-refractivity contribution in [3.63, 3.8) is 0 Å². The van der Waals surface area contributed by atoms with Crippen molar-refractivity contribution in [2.45, 2.75) is 39.2 Å². The van der Waals surface area contributed by atoms with Crippen molar-refractivity contribution >= 4 is 33.3 Å². The lowest BCUT2D eigenvalue weighted by Crippen LogP contribution is -2.20. The minimum atomic E-state index is -0.457. The van der Waals surface area contributed by atoms with Gasteiger partial charge in [-0.15, -0.1) is 11.3 Å². The van der Waals surface area contributed by atoms with Crippen molar-refractivity contribution < 1.29 is 4.39 Å². The number of H-pyrrole nitrogens is 2. The van der Waals surface area contributed by atoms with Gasteiger partial charge in [-0.1, -0.05) is 12.8 Å². The number of hydrogen-bond acceptors (Lipinski definition) is 7. The standard InChI is InChI=1S/C29H27FN8S/c1-16-6-7-22(39-16)27-26-20(8-9-33-27)35-29(36-26)28-23-21(37-38-28)15-34-25(24(23)30)19-10-18(13-32-14-19)12-31-11-17-4-2-3-5-17/h6-10,13-15,17,31H,2-5,11-12H2,1H3,(H,35,36)(H,37,38). The van der Waals surface area contributed by atoms with Crippen LogP contribution in [0.1, 0.15) is 36.1 Å². The average molecular weight is 539 g/mol. The Hall–Kier alpha value is -4.02. The number of nitrogens with zero attached hydrogens (tertiary/aromatic N) is 5. The Bertz CT molecular complexity index is 1800. The number of nitrogens with one attached hydrogen (secondary N) is 3. The number of fused-ring (bicyclic) bond motifs is 2. The third kappa shape index (κ3) is 4.49. The number of hydrogen-bond donors (Lipinski definition) is 3. The monoisotopic (exact) mass is 538 g/mol. The molecular weight excluding hydrogens is 511 g/mol. The maximum Gasteiger partial charge on any atom is 0.161 e. The zero-order chi connectivity index (χ0) is 26.3. The van der Waals surface area contributed by atoms with E-state index in [4.69, 9.17) is 4.98 Å². The number of imidazole rings is 1. The van der Waals surface area contributed by atoms with Gasteiger partial charge in [0, 0.05) is 35.6 Å². The third-order valence-electron chi connectivity index (χ3n) is 7.45. The number of halogens is 1. The first-order valence-corrected chi connectivity index (χ1v) is 14.0. The van der Waals surface area contributed by atoms with Crippen LogP contribution in [0.25, 0.3) is 55.3 Å². The van der Waals surface area contributed by atoms with Crippen LogP contribution in [-0.4, -0.2) is 41.7 Å². The van der Waals surface area contributed by atoms with Gasteiger partial charge in [-0.2, -0.15) is 5.10 Å². The van der Waals surface area contributed by atoms with Gasteiger partial charge >= 0.3 is 0 Å². The van der Waals surface area contributed by atoms with Crippen molar-refractivity contribution in [1.82, 2.24) is 40.4 Å². The fraction of sp³-hybridized carbons (Fsp3) is 0.276. The van der Waals surface area contributed by atoms with E-state index in [0.717, 1.165) is 39.6 Å². The van der Waals surface area contributed by atoms with E-state index in [9.17, 15) is 0 Å². The van der Waals surface area contributed by atoms with Gasteiger partial charge in [-0.3, -0.25) is 20.1 Å². The van der Waals surface area contributed by atoms with Crippen molar-refractivity contribution in [2.75, 3.05) is 6.54 Å². The highest BCUT2D eigenvalue weighted by molar-refractivity contribution is 7.15. The predicted molar refractivity (Wildman–Crippen MR) is 152 cm³/mol. The normalized spacial score (nSPS) is 14.2. The van der Waals surface area contributed by atoms with Crippen molar-refractivity contribution in [3.8, 4) is 33.3 Å². The summed E-state index contributed by atoms with van der Waals surface area (Å²) >= 11 is 1.66. The van der Waals surface area contributed by atoms with Gasteiger partial charge in [0.25, 0.3) is 0 Å². The summed E-state index contributed by atoms with van der Waals surface area (Å²) in [7, 11) is 0. The molecule has 0 atom stereocenters. The molecule has 196 valence electrons. The number of aromatic amines is 2. The molecule has 0 saturated heterocycles. The van der Waals surface area contributed by atoms with Gasteiger partial charge in [0.2, 0.25) is 0 Å². The van der Waals surface area contributed by atoms with Crippen LogP contribution in [0.15, 0.2) is 49.1 Å². The van der Waals surface area contributed by atoms with Crippen LogP contribution in [0, 0.1) is 18.7 Å². The van der Waals surface area contributed by atoms with E-state index >= 15 is 4.39 Å². The first-order valence-electron chi connectivity index (χ1n) is 13.2. The van der Waals surface area contributed by atoms with Crippen molar-refractivity contribution in [2.24, 2.45) is 5.92 Å². The molecule has 8 nitrogen and oxygen atoms in total. The summed E-state index contributed by atoms with van der Waals surface area (Å²) in [5.41, 5.74) is 5.10. The van der Waals surface area contributed by atoms with Crippen LogP contribution >= 0.6 is 11.3 Å². The molecule has 10 heteroatoms. The number of rotatable bonds is 7. The third-order valence-corrected chi connectivity index (χ3v) is 8.46. The van der Waals surface area contributed by atoms with Crippen LogP contribution in [0.3, 0.4) is 0 Å². The van der Waals surface area contributed by atoms with E-state index in [-0.39, 0.29) is 5.69 Å². The predicted octanol–water partition coefficient (Wildman–Crippen LogP) is 6.41. The largest absolute Gasteiger partial charge is 0.336 e. The molecule has 0 spiro atoms. The fourth-order valence-corrected chi connectivity index (χ4v) is 6.35. The first-order chi connectivity index (χ1) is 19.1. The van der Waals surface area contributed by atoms with Crippen LogP contribution in [0.5, 0.6) is 0 Å². The van der Waals surface area contributed by atoms with Crippen LogP contribution < -0.4 is 5.32 Å². The Labute approximate surface area is 228 Å². The van der Waals surface area contributed by atoms with Gasteiger partial charge in [0.1, 0.15) is 22.6 Å². The van der Waals surface area contributed by atoms with E-state index in [0.29, 0.717) is 34.5 Å². The molecular formula is C29H27FN8S. The van der Waals surface area contributed by atoms with Crippen molar-refractivity contribution in [1.29, 1.82) is 0 Å². The Balaban J connectivity index is 1.23. The summed E-state index contributed by atoms with van der Waals surface area (Å²) in [5.74, 6) is 0.765. The second kappa shape index (κ2) is 9.94. The molecule has 0 bridgehead atoms. The van der Waals surface area contributed by atoms with Gasteiger partial charge in [-0.05, 0) is 62.1 Å². The second-order valence-corrected chi connectivity index (χ2v) is 11.5. The second-order valence-electron chi connectivity index (χ2n) is 10.2. The number of aromatic nitrogens is 7. The van der Waals surface area contributed by atoms with E-state index in [1.54, 1.807) is 29.9 Å². The molecule has 1 saturated carbocycles. The van der Waals surface area contributed by atoms with Crippen LogP contribution in [0.2, 0.25) is 0 Å². The van der Waals surface area contributed by atoms with Crippen molar-refractivity contribution in [3.05, 3.63) is 65.3 Å². The Morgan fingerprint density at radius 2 is 1.92 bits per heavy atom. The highest BCUT2D eigenvalue weighted by Gasteiger charge is 2.22. The van der Waals surface area contributed by atoms with Gasteiger partial charge in [0.15, 0.2) is 11.6 Å². The fourth-order valence-electron chi connectivity index (χ4n) is 5.49. The van der Waals surface area contributed by atoms with E-state index < -0.39 is 5.82 Å². The quantitative estimate of drug-likeness (QED) is 0.217. The summed E-state index contributed by atoms with van der Waals surface area (Å²) in [6.07, 6.45) is 12.1. The molecule has 6 aromatic rings. The maximum absolute atomic E-state index is 16.1. The van der Waals surface area contributed by atoms with Gasteiger partial charge in [-0.25, -0.2) is 9.37 Å². The molecule has 0 aromatic carbocycles. The lowest BCUT2D eigenvalue weighted by Gasteiger charge is -2.11. The smallest absolute Gasteiger partial charge is 0.161 e. The summed E-state index contributed by atoms with van der Waals surface area (Å²) in [4.78, 5) is 23.7. The number of thiophene rings is 1. The average Bonchev–Trinajstić information content (AvgIpc) is 3.75. The Morgan fingerprint density at radius 3 is 2.77 bits per heavy atom. The topological polar surface area (TPSA) is 108 Å². The van der Waals surface area contributed by atoms with E-state index in [2.05, 4.69) is 48.4 Å². The van der Waals surface area contributed by atoms with Crippen LogP contribution in [0.4, 0.5) is 4.39 Å². The van der Waals surface area contributed by atoms with E-state index in [1.807, 2.05) is 24.4 Å². The highest BCUT2D eigenvalue weighted by Crippen LogP contribution is 2.35. The van der Waals surface area contributed by atoms with Crippen LogP contribution in [-0.2, 0) is 6.54 Å². The molecule has 39 heavy (non-hydrogen) atoms. The molecule has 0 radical (unpaired) electrons. The number of aryl methyl sites for hydroxylation is 1. The summed E-state index contributed by atoms with van der Waals surface area (Å²) in [6.45, 7) is 3.76. The minimum absolute atomic E-state index is 0.239. The van der Waals surface area contributed by atoms with E-state index in [1.165, 1.54) is 30.6 Å². The SMILES string of the molecule is Cc1ccc(-c2nccc3[nH]c(-c4n[nH]c5cnc(-c6cncc(CNCC7CCCC7)c6)c(F)c45)nc23)s1. The minimum Gasteiger partial charge on any atom is -0.336 e. The zero-order valence-electron chi connectivity index (χ0n) is 21.5. The molecule has 1 aliphatic rings. The maximum atomic E-state index is 16.1. The molecule has 3 N–H and O–H groups in total. The van der Waals surface area contributed by atoms with Gasteiger partial charge in [0.05, 0.1) is 27.5 Å². The zero-order valence-corrected chi connectivity index (χ0v) is 22.3. The number of pyridine rings is 3. The molecule has 0 amide bonds. The highest BCUT2D eigenvalue weighted by atomic mass is 32.1. The summed E-state index contributed by atoms with van der Waals surface area (Å²) in [6, 6.07) is 7.93. The molecule has 0 aliphatic heterocycles. The molecule has 0 unspecified atom stereocenters. The summed E-state index contributed by atoms with van der Waals surface area (Å²) < 4.78 is 16.1. The summed E-state index contributed by atoms with van der Waals surface area (Å²) in [5, 5.41) is 11.2. The molecule has 1 aliphatic carbocycles. The molecule has 7 rings (SSSR count). The molecule has 1 fully saturated rings. The Morgan fingerprint density at radius 1 is 1.03 bits per heavy atom.